The normalized spacial score (nSPS) is 22.6. The van der Waals surface area contributed by atoms with Gasteiger partial charge in [-0.05, 0) is 61.9 Å². The Bertz CT molecular complexity index is 450. The molecule has 0 spiro atoms. The number of aryl methyl sites for hydroxylation is 2. The lowest BCUT2D eigenvalue weighted by atomic mass is 9.98. The van der Waals surface area contributed by atoms with E-state index in [0.717, 1.165) is 38.0 Å². The van der Waals surface area contributed by atoms with Gasteiger partial charge in [-0.15, -0.1) is 0 Å². The zero-order valence-corrected chi connectivity index (χ0v) is 10.7. The minimum atomic E-state index is 0.131. The molecular weight excluding hydrogens is 224 g/mol. The van der Waals surface area contributed by atoms with E-state index in [2.05, 4.69) is 22.8 Å². The minimum absolute atomic E-state index is 0.131. The molecular formula is C15H20N2O. The van der Waals surface area contributed by atoms with Crippen LogP contribution in [0.4, 0.5) is 5.69 Å². The lowest BCUT2D eigenvalue weighted by molar-refractivity contribution is -0.120. The first kappa shape index (κ1) is 11.7. The van der Waals surface area contributed by atoms with Crippen LogP contribution in [-0.2, 0) is 17.6 Å². The van der Waals surface area contributed by atoms with Crippen LogP contribution in [0.5, 0.6) is 0 Å². The summed E-state index contributed by atoms with van der Waals surface area (Å²) in [5, 5.41) is 6.34. The van der Waals surface area contributed by atoms with E-state index in [-0.39, 0.29) is 11.8 Å². The summed E-state index contributed by atoms with van der Waals surface area (Å²) in [4.78, 5) is 12.1. The Kier molecular flexibility index (Phi) is 3.33. The predicted octanol–water partition coefficient (Wildman–Crippen LogP) is 2.11. The van der Waals surface area contributed by atoms with Crippen LogP contribution in [-0.4, -0.2) is 19.0 Å². The van der Waals surface area contributed by atoms with Crippen molar-refractivity contribution >= 4 is 11.6 Å². The van der Waals surface area contributed by atoms with E-state index in [1.807, 2.05) is 6.07 Å². The zero-order valence-electron chi connectivity index (χ0n) is 10.7. The third-order valence-electron chi connectivity index (χ3n) is 4.03. The Morgan fingerprint density at radius 1 is 1.22 bits per heavy atom. The fourth-order valence-corrected chi connectivity index (χ4v) is 2.97. The molecule has 1 aromatic carbocycles. The van der Waals surface area contributed by atoms with Crippen LogP contribution >= 0.6 is 0 Å². The molecule has 0 aromatic heterocycles. The number of rotatable bonds is 2. The molecule has 3 heteroatoms. The lowest BCUT2D eigenvalue weighted by Gasteiger charge is -2.22. The second-order valence-electron chi connectivity index (χ2n) is 5.37. The maximum Gasteiger partial charge on any atom is 0.228 e. The van der Waals surface area contributed by atoms with Crippen molar-refractivity contribution in [3.05, 3.63) is 29.3 Å². The molecule has 0 radical (unpaired) electrons. The summed E-state index contributed by atoms with van der Waals surface area (Å²) >= 11 is 0. The maximum atomic E-state index is 12.1. The van der Waals surface area contributed by atoms with Gasteiger partial charge in [0.2, 0.25) is 5.91 Å². The first-order valence-electron chi connectivity index (χ1n) is 6.96. The van der Waals surface area contributed by atoms with Gasteiger partial charge in [0.1, 0.15) is 0 Å². The maximum absolute atomic E-state index is 12.1. The van der Waals surface area contributed by atoms with Gasteiger partial charge in [0, 0.05) is 12.2 Å². The van der Waals surface area contributed by atoms with Crippen LogP contribution in [0.15, 0.2) is 18.2 Å². The van der Waals surface area contributed by atoms with Gasteiger partial charge >= 0.3 is 0 Å². The van der Waals surface area contributed by atoms with E-state index in [9.17, 15) is 4.79 Å². The van der Waals surface area contributed by atoms with Gasteiger partial charge in [0.05, 0.1) is 5.92 Å². The van der Waals surface area contributed by atoms with Crippen LogP contribution < -0.4 is 10.6 Å². The van der Waals surface area contributed by atoms with Crippen molar-refractivity contribution in [1.29, 1.82) is 0 Å². The minimum Gasteiger partial charge on any atom is -0.326 e. The van der Waals surface area contributed by atoms with Crippen LogP contribution in [0.1, 0.15) is 30.4 Å². The average Bonchev–Trinajstić information content (AvgIpc) is 2.87. The molecule has 96 valence electrons. The Hall–Kier alpha value is -1.35. The molecule has 1 aromatic rings. The molecule has 3 rings (SSSR count). The molecule has 0 unspecified atom stereocenters. The van der Waals surface area contributed by atoms with E-state index in [1.54, 1.807) is 0 Å². The van der Waals surface area contributed by atoms with Gasteiger partial charge in [0.25, 0.3) is 0 Å². The van der Waals surface area contributed by atoms with Crippen molar-refractivity contribution in [1.82, 2.24) is 5.32 Å². The predicted molar refractivity (Wildman–Crippen MR) is 72.7 cm³/mol. The molecule has 1 aliphatic carbocycles. The first-order valence-corrected chi connectivity index (χ1v) is 6.96. The van der Waals surface area contributed by atoms with E-state index in [1.165, 1.54) is 24.0 Å². The molecule has 1 atom stereocenters. The Balaban J connectivity index is 1.66. The molecule has 1 aliphatic heterocycles. The van der Waals surface area contributed by atoms with Crippen molar-refractivity contribution < 1.29 is 4.79 Å². The highest BCUT2D eigenvalue weighted by atomic mass is 16.1. The molecule has 1 amide bonds. The number of amides is 1. The second-order valence-corrected chi connectivity index (χ2v) is 5.37. The van der Waals surface area contributed by atoms with Crippen molar-refractivity contribution in [3.8, 4) is 0 Å². The topological polar surface area (TPSA) is 41.1 Å². The number of anilines is 1. The third kappa shape index (κ3) is 2.41. The molecule has 18 heavy (non-hydrogen) atoms. The summed E-state index contributed by atoms with van der Waals surface area (Å²) in [7, 11) is 0. The smallest absolute Gasteiger partial charge is 0.228 e. The second kappa shape index (κ2) is 5.11. The van der Waals surface area contributed by atoms with Gasteiger partial charge in [-0.2, -0.15) is 0 Å². The number of hydrogen-bond donors (Lipinski definition) is 2. The van der Waals surface area contributed by atoms with E-state index >= 15 is 0 Å². The van der Waals surface area contributed by atoms with E-state index in [4.69, 9.17) is 0 Å². The van der Waals surface area contributed by atoms with Gasteiger partial charge in [0.15, 0.2) is 0 Å². The highest BCUT2D eigenvalue weighted by Crippen LogP contribution is 2.25. The van der Waals surface area contributed by atoms with E-state index in [0.29, 0.717) is 0 Å². The fraction of sp³-hybridized carbons (Fsp3) is 0.533. The Morgan fingerprint density at radius 2 is 2.11 bits per heavy atom. The number of fused-ring (bicyclic) bond motifs is 1. The van der Waals surface area contributed by atoms with Crippen molar-refractivity contribution in [3.63, 3.8) is 0 Å². The van der Waals surface area contributed by atoms with Crippen LogP contribution in [0, 0.1) is 5.92 Å². The van der Waals surface area contributed by atoms with E-state index < -0.39 is 0 Å². The number of hydrogen-bond acceptors (Lipinski definition) is 2. The Labute approximate surface area is 108 Å². The number of carbonyl (C=O) groups is 1. The summed E-state index contributed by atoms with van der Waals surface area (Å²) in [5.41, 5.74) is 3.83. The SMILES string of the molecule is O=C(Nc1ccc2c(c1)CCC2)[C@@H]1CCCNC1. The van der Waals surface area contributed by atoms with Gasteiger partial charge in [-0.1, -0.05) is 6.07 Å². The van der Waals surface area contributed by atoms with Crippen LogP contribution in [0.3, 0.4) is 0 Å². The molecule has 1 fully saturated rings. The molecule has 2 N–H and O–H groups in total. The molecule has 3 nitrogen and oxygen atoms in total. The zero-order chi connectivity index (χ0) is 12.4. The Morgan fingerprint density at radius 3 is 2.94 bits per heavy atom. The van der Waals surface area contributed by atoms with Crippen LogP contribution in [0.25, 0.3) is 0 Å². The summed E-state index contributed by atoms with van der Waals surface area (Å²) in [5.74, 6) is 0.298. The monoisotopic (exact) mass is 244 g/mol. The van der Waals surface area contributed by atoms with Gasteiger partial charge < -0.3 is 10.6 Å². The van der Waals surface area contributed by atoms with Crippen molar-refractivity contribution in [2.45, 2.75) is 32.1 Å². The number of nitrogens with one attached hydrogen (secondary N) is 2. The molecule has 0 bridgehead atoms. The molecule has 1 heterocycles. The standard InChI is InChI=1S/C15H20N2O/c18-15(13-5-2-8-16-10-13)17-14-7-6-11-3-1-4-12(11)9-14/h6-7,9,13,16H,1-5,8,10H2,(H,17,18)/t13-/m1/s1. The highest BCUT2D eigenvalue weighted by molar-refractivity contribution is 5.92. The fourth-order valence-electron chi connectivity index (χ4n) is 2.97. The average molecular weight is 244 g/mol. The first-order chi connectivity index (χ1) is 8.83. The quantitative estimate of drug-likeness (QED) is 0.836. The summed E-state index contributed by atoms with van der Waals surface area (Å²) in [6, 6.07) is 6.35. The van der Waals surface area contributed by atoms with Gasteiger partial charge in [-0.3, -0.25) is 4.79 Å². The number of benzene rings is 1. The van der Waals surface area contributed by atoms with Gasteiger partial charge in [-0.25, -0.2) is 0 Å². The molecule has 1 saturated heterocycles. The molecule has 2 aliphatic rings. The summed E-state index contributed by atoms with van der Waals surface area (Å²) in [6.07, 6.45) is 5.70. The highest BCUT2D eigenvalue weighted by Gasteiger charge is 2.21. The lowest BCUT2D eigenvalue weighted by Crippen LogP contribution is -2.37. The third-order valence-corrected chi connectivity index (χ3v) is 4.03. The largest absolute Gasteiger partial charge is 0.326 e. The summed E-state index contributed by atoms with van der Waals surface area (Å²) < 4.78 is 0. The van der Waals surface area contributed by atoms with Crippen LogP contribution in [0.2, 0.25) is 0 Å². The number of carbonyl (C=O) groups excluding carboxylic acids is 1. The number of piperidine rings is 1. The van der Waals surface area contributed by atoms with Crippen molar-refractivity contribution in [2.75, 3.05) is 18.4 Å². The summed E-state index contributed by atoms with van der Waals surface area (Å²) in [6.45, 7) is 1.86. The molecule has 0 saturated carbocycles. The van der Waals surface area contributed by atoms with Crippen molar-refractivity contribution in [2.24, 2.45) is 5.92 Å².